The third-order valence-electron chi connectivity index (χ3n) is 4.66. The summed E-state index contributed by atoms with van der Waals surface area (Å²) in [6, 6.07) is 1.78. The number of halogens is 1. The molecule has 134 valence electrons. The number of hydrogen-bond donors (Lipinski definition) is 2. The molecule has 3 heterocycles. The average molecular weight is 366 g/mol. The lowest BCUT2D eigenvalue weighted by molar-refractivity contribution is 0.480. The lowest BCUT2D eigenvalue weighted by Gasteiger charge is -2.13. The highest BCUT2D eigenvalue weighted by molar-refractivity contribution is 7.89. The molecule has 4 rings (SSSR count). The van der Waals surface area contributed by atoms with Crippen molar-refractivity contribution in [3.63, 3.8) is 0 Å². The highest BCUT2D eigenvalue weighted by Gasteiger charge is 2.32. The van der Waals surface area contributed by atoms with Crippen LogP contribution >= 0.6 is 0 Å². The van der Waals surface area contributed by atoms with Crippen molar-refractivity contribution >= 4 is 26.8 Å². The Morgan fingerprint density at radius 1 is 1.36 bits per heavy atom. The van der Waals surface area contributed by atoms with Gasteiger partial charge in [0.1, 0.15) is 5.82 Å². The van der Waals surface area contributed by atoms with Crippen LogP contribution in [0.1, 0.15) is 37.4 Å². The summed E-state index contributed by atoms with van der Waals surface area (Å²) in [4.78, 5) is 7.37. The van der Waals surface area contributed by atoms with Crippen molar-refractivity contribution in [2.45, 2.75) is 37.6 Å². The van der Waals surface area contributed by atoms with Gasteiger partial charge < -0.3 is 4.98 Å². The first kappa shape index (κ1) is 16.4. The van der Waals surface area contributed by atoms with Crippen molar-refractivity contribution in [2.24, 2.45) is 0 Å². The minimum absolute atomic E-state index is 0.0266. The largest absolute Gasteiger partial charge is 0.345 e. The summed E-state index contributed by atoms with van der Waals surface area (Å²) in [5.41, 5.74) is 2.34. The Labute approximate surface area is 143 Å². The molecule has 1 saturated carbocycles. The molecule has 1 aliphatic rings. The lowest BCUT2D eigenvalue weighted by Crippen LogP contribution is -2.34. The topological polar surface area (TPSA) is 105 Å². The van der Waals surface area contributed by atoms with Crippen LogP contribution in [0.25, 0.3) is 16.8 Å². The Hall–Kier alpha value is -2.07. The van der Waals surface area contributed by atoms with Crippen LogP contribution in [-0.4, -0.2) is 51.5 Å². The molecule has 0 spiro atoms. The predicted octanol–water partition coefficient (Wildman–Crippen LogP) is 1.52. The summed E-state index contributed by atoms with van der Waals surface area (Å²) in [5, 5.41) is 8.51. The molecule has 0 unspecified atom stereocenters. The normalized spacial score (nSPS) is 21.5. The van der Waals surface area contributed by atoms with E-state index in [0.717, 1.165) is 29.8 Å². The van der Waals surface area contributed by atoms with Crippen LogP contribution < -0.4 is 4.72 Å². The zero-order valence-corrected chi connectivity index (χ0v) is 14.3. The van der Waals surface area contributed by atoms with E-state index in [-0.39, 0.29) is 24.1 Å². The summed E-state index contributed by atoms with van der Waals surface area (Å²) < 4.78 is 40.8. The van der Waals surface area contributed by atoms with Gasteiger partial charge in [0.25, 0.3) is 0 Å². The predicted molar refractivity (Wildman–Crippen MR) is 90.5 cm³/mol. The molecule has 3 aromatic rings. The van der Waals surface area contributed by atoms with Crippen molar-refractivity contribution in [1.29, 1.82) is 0 Å². The summed E-state index contributed by atoms with van der Waals surface area (Å²) in [5.74, 6) is 0.769. The number of hydrogen-bond acceptors (Lipinski definition) is 5. The molecule has 1 aliphatic carbocycles. The fourth-order valence-corrected chi connectivity index (χ4v) is 4.87. The van der Waals surface area contributed by atoms with Gasteiger partial charge in [-0.05, 0) is 31.7 Å². The Kier molecular flexibility index (Phi) is 4.16. The van der Waals surface area contributed by atoms with Crippen LogP contribution in [0.3, 0.4) is 0 Å². The summed E-state index contributed by atoms with van der Waals surface area (Å²) in [6.45, 7) is -0.624. The Bertz CT molecular complexity index is 998. The van der Waals surface area contributed by atoms with Crippen LogP contribution in [0.4, 0.5) is 4.39 Å². The molecule has 0 radical (unpaired) electrons. The van der Waals surface area contributed by atoms with Crippen LogP contribution in [0, 0.1) is 0 Å². The molecule has 0 saturated heterocycles. The molecular weight excluding hydrogens is 347 g/mol. The summed E-state index contributed by atoms with van der Waals surface area (Å²) >= 11 is 0. The first-order chi connectivity index (χ1) is 12.1. The zero-order valence-electron chi connectivity index (χ0n) is 13.5. The van der Waals surface area contributed by atoms with E-state index >= 15 is 0 Å². The second kappa shape index (κ2) is 6.34. The molecule has 25 heavy (non-hydrogen) atoms. The molecule has 0 aliphatic heterocycles. The number of alkyl halides is 1. The fraction of sp³-hybridized carbons (Fsp3) is 0.533. The molecule has 3 aromatic heterocycles. The Morgan fingerprint density at radius 2 is 2.24 bits per heavy atom. The molecule has 2 N–H and O–H groups in total. The minimum Gasteiger partial charge on any atom is -0.345 e. The van der Waals surface area contributed by atoms with E-state index in [1.54, 1.807) is 6.20 Å². The minimum atomic E-state index is -3.44. The van der Waals surface area contributed by atoms with Gasteiger partial charge in [0.05, 0.1) is 24.1 Å². The number of aromatic amines is 1. The molecule has 10 heteroatoms. The van der Waals surface area contributed by atoms with Crippen LogP contribution in [0.5, 0.6) is 0 Å². The molecule has 2 atom stereocenters. The molecule has 0 aromatic carbocycles. The monoisotopic (exact) mass is 366 g/mol. The van der Waals surface area contributed by atoms with Gasteiger partial charge in [0, 0.05) is 18.2 Å². The maximum Gasteiger partial charge on any atom is 0.211 e. The zero-order chi connectivity index (χ0) is 17.4. The van der Waals surface area contributed by atoms with E-state index in [0.29, 0.717) is 12.1 Å². The van der Waals surface area contributed by atoms with E-state index in [9.17, 15) is 12.8 Å². The van der Waals surface area contributed by atoms with Gasteiger partial charge >= 0.3 is 0 Å². The van der Waals surface area contributed by atoms with Crippen molar-refractivity contribution in [3.8, 4) is 0 Å². The molecule has 0 amide bonds. The smallest absolute Gasteiger partial charge is 0.211 e. The van der Waals surface area contributed by atoms with Gasteiger partial charge in [-0.2, -0.15) is 0 Å². The maximum absolute atomic E-state index is 12.2. The van der Waals surface area contributed by atoms with E-state index in [4.69, 9.17) is 0 Å². The number of rotatable bonds is 6. The quantitative estimate of drug-likeness (QED) is 0.688. The third kappa shape index (κ3) is 3.11. The number of nitrogens with one attached hydrogen (secondary N) is 2. The van der Waals surface area contributed by atoms with Gasteiger partial charge in [-0.3, -0.25) is 8.79 Å². The van der Waals surface area contributed by atoms with Crippen molar-refractivity contribution in [3.05, 3.63) is 24.3 Å². The number of H-pyrrole nitrogens is 1. The second-order valence-corrected chi connectivity index (χ2v) is 8.28. The highest BCUT2D eigenvalue weighted by Crippen LogP contribution is 2.34. The van der Waals surface area contributed by atoms with Gasteiger partial charge in [0.15, 0.2) is 11.3 Å². The molecule has 1 fully saturated rings. The molecule has 8 nitrogen and oxygen atoms in total. The highest BCUT2D eigenvalue weighted by atomic mass is 32.2. The SMILES string of the molecule is O=S(=O)(CCCF)N[C@H]1CC[C@@H](c2nnc3cnc4[nH]ccc4n23)C1. The van der Waals surface area contributed by atoms with Gasteiger partial charge in [0.2, 0.25) is 10.0 Å². The van der Waals surface area contributed by atoms with E-state index < -0.39 is 16.7 Å². The Morgan fingerprint density at radius 3 is 3.08 bits per heavy atom. The number of fused-ring (bicyclic) bond motifs is 3. The standard InChI is InChI=1S/C15H19FN6O2S/c16-5-1-7-25(23,24)21-11-3-2-10(8-11)15-20-19-13-9-18-14-12(22(13)15)4-6-17-14/h4,6,9-11,17,21H,1-3,5,7-8H2/t10-,11+/m1/s1. The molecular formula is C15H19FN6O2S. The van der Waals surface area contributed by atoms with E-state index in [2.05, 4.69) is 24.9 Å². The second-order valence-electron chi connectivity index (χ2n) is 6.41. The first-order valence-electron chi connectivity index (χ1n) is 8.30. The first-order valence-corrected chi connectivity index (χ1v) is 9.96. The Balaban J connectivity index is 1.56. The van der Waals surface area contributed by atoms with E-state index in [1.807, 2.05) is 16.7 Å². The lowest BCUT2D eigenvalue weighted by atomic mass is 10.1. The average Bonchev–Trinajstić information content (AvgIpc) is 3.29. The number of nitrogens with zero attached hydrogens (tertiary/aromatic N) is 4. The number of sulfonamides is 1. The fourth-order valence-electron chi connectivity index (χ4n) is 3.54. The van der Waals surface area contributed by atoms with Crippen LogP contribution in [0.2, 0.25) is 0 Å². The van der Waals surface area contributed by atoms with Crippen molar-refractivity contribution < 1.29 is 12.8 Å². The van der Waals surface area contributed by atoms with Crippen LogP contribution in [0.15, 0.2) is 18.5 Å². The van der Waals surface area contributed by atoms with Gasteiger partial charge in [-0.25, -0.2) is 18.1 Å². The van der Waals surface area contributed by atoms with Crippen molar-refractivity contribution in [1.82, 2.24) is 29.3 Å². The molecule has 0 bridgehead atoms. The van der Waals surface area contributed by atoms with Crippen LogP contribution in [-0.2, 0) is 10.0 Å². The number of aromatic nitrogens is 5. The van der Waals surface area contributed by atoms with Gasteiger partial charge in [-0.1, -0.05) is 0 Å². The maximum atomic E-state index is 12.2. The van der Waals surface area contributed by atoms with Crippen molar-refractivity contribution in [2.75, 3.05) is 12.4 Å². The van der Waals surface area contributed by atoms with E-state index in [1.165, 1.54) is 0 Å². The summed E-state index contributed by atoms with van der Waals surface area (Å²) in [6.07, 6.45) is 5.72. The summed E-state index contributed by atoms with van der Waals surface area (Å²) in [7, 11) is -3.44. The third-order valence-corrected chi connectivity index (χ3v) is 6.18. The van der Waals surface area contributed by atoms with Gasteiger partial charge in [-0.15, -0.1) is 10.2 Å².